The fraction of sp³-hybridized carbons (Fsp3) is 0.500. The van der Waals surface area contributed by atoms with E-state index in [0.717, 1.165) is 11.1 Å². The fourth-order valence-corrected chi connectivity index (χ4v) is 5.61. The molecule has 2 bridgehead atoms. The van der Waals surface area contributed by atoms with Crippen LogP contribution in [0.3, 0.4) is 0 Å². The summed E-state index contributed by atoms with van der Waals surface area (Å²) in [6.07, 6.45) is 6.95. The van der Waals surface area contributed by atoms with Crippen LogP contribution in [0.5, 0.6) is 0 Å². The van der Waals surface area contributed by atoms with Crippen LogP contribution in [0.2, 0.25) is 0 Å². The summed E-state index contributed by atoms with van der Waals surface area (Å²) in [6, 6.07) is 3.47. The first-order valence-corrected chi connectivity index (χ1v) is 11.5. The lowest BCUT2D eigenvalue weighted by molar-refractivity contribution is -0.120. The van der Waals surface area contributed by atoms with Crippen molar-refractivity contribution in [1.82, 2.24) is 20.1 Å². The molecule has 3 fully saturated rings. The highest BCUT2D eigenvalue weighted by molar-refractivity contribution is 9.10. The van der Waals surface area contributed by atoms with Crippen molar-refractivity contribution in [2.45, 2.75) is 46.2 Å². The summed E-state index contributed by atoms with van der Waals surface area (Å²) in [5.74, 6) is 1.30. The molecule has 170 valence electrons. The number of rotatable bonds is 5. The van der Waals surface area contributed by atoms with E-state index in [2.05, 4.69) is 62.6 Å². The van der Waals surface area contributed by atoms with E-state index in [0.29, 0.717) is 38.9 Å². The van der Waals surface area contributed by atoms with Gasteiger partial charge in [-0.2, -0.15) is 5.10 Å². The molecule has 3 saturated carbocycles. The third-order valence-electron chi connectivity index (χ3n) is 7.28. The zero-order valence-corrected chi connectivity index (χ0v) is 19.8. The molecule has 0 spiro atoms. The van der Waals surface area contributed by atoms with Crippen molar-refractivity contribution in [3.8, 4) is 0 Å². The number of amides is 1. The Morgan fingerprint density at radius 3 is 2.69 bits per heavy atom. The van der Waals surface area contributed by atoms with Gasteiger partial charge < -0.3 is 15.8 Å². The number of carbonyl (C=O) groups excluding carboxylic acids is 1. The van der Waals surface area contributed by atoms with Crippen LogP contribution < -0.4 is 16.2 Å². The predicted octanol–water partition coefficient (Wildman–Crippen LogP) is 2.84. The van der Waals surface area contributed by atoms with Crippen LogP contribution in [0.4, 0.5) is 5.69 Å². The Labute approximate surface area is 194 Å². The van der Waals surface area contributed by atoms with Crippen molar-refractivity contribution >= 4 is 33.4 Å². The summed E-state index contributed by atoms with van der Waals surface area (Å²) in [6.45, 7) is 6.66. The van der Waals surface area contributed by atoms with Crippen molar-refractivity contribution in [2.24, 2.45) is 28.3 Å². The van der Waals surface area contributed by atoms with E-state index in [1.54, 1.807) is 18.3 Å². The normalized spacial score (nSPS) is 26.2. The number of nitrogens with one attached hydrogen (secondary N) is 2. The molecular formula is C22H27BrN6O3. The number of nitrogens with zero attached hydrogens (tertiary/aromatic N) is 4. The van der Waals surface area contributed by atoms with E-state index in [-0.39, 0.29) is 18.4 Å². The molecule has 2 aromatic heterocycles. The van der Waals surface area contributed by atoms with Crippen LogP contribution in [0.1, 0.15) is 39.2 Å². The standard InChI is InChI=1S/C22H27BrN6O3/c1-12-15-8-14(22(15,2)3)9-16(12)26-17-10-25-29(21(31)19(17)23)11-18(30)27-20(28-32)13-4-6-24-7-5-13/h4-7,10,12,14-16,26,32H,8-9,11H2,1-3H3,(H,27,28,30)/t12-,14+,15-,16-/m1/s1. The molecule has 32 heavy (non-hydrogen) atoms. The summed E-state index contributed by atoms with van der Waals surface area (Å²) in [5.41, 5.74) is 1.10. The van der Waals surface area contributed by atoms with Gasteiger partial charge in [-0.15, -0.1) is 0 Å². The van der Waals surface area contributed by atoms with Gasteiger partial charge in [-0.3, -0.25) is 14.6 Å². The number of amidine groups is 1. The van der Waals surface area contributed by atoms with Crippen molar-refractivity contribution in [3.63, 3.8) is 0 Å². The van der Waals surface area contributed by atoms with E-state index >= 15 is 0 Å². The third kappa shape index (κ3) is 4.03. The second kappa shape index (κ2) is 8.65. The quantitative estimate of drug-likeness (QED) is 0.250. The van der Waals surface area contributed by atoms with E-state index in [4.69, 9.17) is 0 Å². The van der Waals surface area contributed by atoms with Crippen LogP contribution in [0.15, 0.2) is 45.1 Å². The first-order valence-electron chi connectivity index (χ1n) is 10.7. The molecule has 2 aromatic rings. The van der Waals surface area contributed by atoms with Crippen LogP contribution in [0, 0.1) is 23.2 Å². The van der Waals surface area contributed by atoms with Crippen molar-refractivity contribution in [2.75, 3.05) is 5.32 Å². The van der Waals surface area contributed by atoms with Crippen LogP contribution in [-0.2, 0) is 11.3 Å². The van der Waals surface area contributed by atoms with Crippen LogP contribution >= 0.6 is 15.9 Å². The minimum absolute atomic E-state index is 0.0319. The van der Waals surface area contributed by atoms with Crippen molar-refractivity contribution < 1.29 is 10.0 Å². The van der Waals surface area contributed by atoms with Gasteiger partial charge in [0.2, 0.25) is 5.91 Å². The Balaban J connectivity index is 1.43. The summed E-state index contributed by atoms with van der Waals surface area (Å²) in [4.78, 5) is 29.1. The van der Waals surface area contributed by atoms with Crippen LogP contribution in [0.25, 0.3) is 0 Å². The summed E-state index contributed by atoms with van der Waals surface area (Å²) in [5, 5.41) is 22.5. The molecule has 3 N–H and O–H groups in total. The maximum atomic E-state index is 12.8. The number of anilines is 1. The Bertz CT molecular complexity index is 1100. The molecule has 10 heteroatoms. The molecule has 1 amide bonds. The van der Waals surface area contributed by atoms with Crippen molar-refractivity contribution in [3.05, 3.63) is 51.1 Å². The van der Waals surface area contributed by atoms with Gasteiger partial charge in [0.1, 0.15) is 11.0 Å². The fourth-order valence-electron chi connectivity index (χ4n) is 5.19. The largest absolute Gasteiger partial charge is 0.409 e. The maximum absolute atomic E-state index is 12.8. The summed E-state index contributed by atoms with van der Waals surface area (Å²) >= 11 is 3.38. The number of oxime groups is 1. The lowest BCUT2D eigenvalue weighted by Gasteiger charge is -2.62. The highest BCUT2D eigenvalue weighted by atomic mass is 79.9. The second-order valence-electron chi connectivity index (χ2n) is 9.27. The van der Waals surface area contributed by atoms with Gasteiger partial charge in [0.15, 0.2) is 5.84 Å². The van der Waals surface area contributed by atoms with Gasteiger partial charge in [0.05, 0.1) is 11.9 Å². The summed E-state index contributed by atoms with van der Waals surface area (Å²) in [7, 11) is 0. The molecule has 0 aliphatic heterocycles. The van der Waals surface area contributed by atoms with Gasteiger partial charge in [0.25, 0.3) is 5.56 Å². The Morgan fingerprint density at radius 2 is 2.06 bits per heavy atom. The highest BCUT2D eigenvalue weighted by Crippen LogP contribution is 2.61. The van der Waals surface area contributed by atoms with E-state index < -0.39 is 11.5 Å². The average molecular weight is 503 g/mol. The van der Waals surface area contributed by atoms with Gasteiger partial charge in [-0.1, -0.05) is 25.9 Å². The Morgan fingerprint density at radius 1 is 1.34 bits per heavy atom. The number of carbonyl (C=O) groups is 1. The molecule has 9 nitrogen and oxygen atoms in total. The van der Waals surface area contributed by atoms with E-state index in [9.17, 15) is 14.8 Å². The molecule has 2 heterocycles. The average Bonchev–Trinajstić information content (AvgIpc) is 2.78. The minimum atomic E-state index is -0.542. The molecule has 3 aliphatic carbocycles. The highest BCUT2D eigenvalue weighted by Gasteiger charge is 2.56. The van der Waals surface area contributed by atoms with Gasteiger partial charge >= 0.3 is 0 Å². The van der Waals surface area contributed by atoms with Gasteiger partial charge in [0, 0.05) is 24.0 Å². The molecule has 5 rings (SSSR count). The SMILES string of the molecule is C[C@@H]1[C@H]2C[C@@H](C[C@H]1Nc1cnn(CC(=O)N/C(=N/O)c3ccncc3)c(=O)c1Br)C2(C)C. The number of aromatic nitrogens is 3. The van der Waals surface area contributed by atoms with E-state index in [1.807, 2.05) is 0 Å². The zero-order chi connectivity index (χ0) is 23.0. The first-order chi connectivity index (χ1) is 15.2. The first kappa shape index (κ1) is 22.4. The predicted molar refractivity (Wildman–Crippen MR) is 123 cm³/mol. The number of halogens is 1. The van der Waals surface area contributed by atoms with Gasteiger partial charge in [-0.25, -0.2) is 4.68 Å². The monoisotopic (exact) mass is 502 g/mol. The topological polar surface area (TPSA) is 122 Å². The lowest BCUT2D eigenvalue weighted by atomic mass is 9.45. The zero-order valence-electron chi connectivity index (χ0n) is 18.2. The number of pyridine rings is 1. The third-order valence-corrected chi connectivity index (χ3v) is 8.05. The Hall–Kier alpha value is -2.75. The van der Waals surface area contributed by atoms with E-state index in [1.165, 1.54) is 18.8 Å². The number of hydrogen-bond donors (Lipinski definition) is 3. The maximum Gasteiger partial charge on any atom is 0.283 e. The lowest BCUT2D eigenvalue weighted by Crippen LogP contribution is -2.58. The molecule has 4 atom stereocenters. The summed E-state index contributed by atoms with van der Waals surface area (Å²) < 4.78 is 1.41. The minimum Gasteiger partial charge on any atom is -0.409 e. The second-order valence-corrected chi connectivity index (χ2v) is 10.1. The van der Waals surface area contributed by atoms with Gasteiger partial charge in [-0.05, 0) is 64.1 Å². The molecule has 0 unspecified atom stereocenters. The molecule has 0 radical (unpaired) electrons. The molecule has 3 aliphatic rings. The molecular weight excluding hydrogens is 476 g/mol. The van der Waals surface area contributed by atoms with Crippen LogP contribution in [-0.4, -0.2) is 37.8 Å². The molecule has 0 aromatic carbocycles. The smallest absolute Gasteiger partial charge is 0.283 e. The number of hydrogen-bond acceptors (Lipinski definition) is 7. The molecule has 0 saturated heterocycles. The Kier molecular flexibility index (Phi) is 6.07. The number of fused-ring (bicyclic) bond motifs is 2. The van der Waals surface area contributed by atoms with Crippen molar-refractivity contribution in [1.29, 1.82) is 0 Å².